The Kier molecular flexibility index (Phi) is 4.33. The van der Waals surface area contributed by atoms with Crippen molar-refractivity contribution in [3.8, 4) is 5.75 Å². The molecule has 1 unspecified atom stereocenters. The molecule has 1 aromatic heterocycles. The van der Waals surface area contributed by atoms with Gasteiger partial charge >= 0.3 is 6.09 Å². The fourth-order valence-electron chi connectivity index (χ4n) is 4.28. The largest absolute Gasteiger partial charge is 0.490 e. The van der Waals surface area contributed by atoms with E-state index in [0.717, 1.165) is 12.8 Å². The normalized spacial score (nSPS) is 27.7. The van der Waals surface area contributed by atoms with Gasteiger partial charge in [-0.15, -0.1) is 0 Å². The Hall–Kier alpha value is -2.55. The first-order chi connectivity index (χ1) is 12.9. The van der Waals surface area contributed by atoms with E-state index < -0.39 is 11.6 Å². The van der Waals surface area contributed by atoms with Crippen molar-refractivity contribution >= 4 is 17.8 Å². The van der Waals surface area contributed by atoms with Crippen LogP contribution in [0, 0.1) is 0 Å². The lowest BCUT2D eigenvalue weighted by molar-refractivity contribution is 0.0390. The molecule has 0 aliphatic carbocycles. The predicted octanol–water partition coefficient (Wildman–Crippen LogP) is 0.630. The van der Waals surface area contributed by atoms with Crippen LogP contribution in [0.25, 0.3) is 0 Å². The van der Waals surface area contributed by atoms with Crippen LogP contribution in [0.4, 0.5) is 10.6 Å². The highest BCUT2D eigenvalue weighted by Gasteiger charge is 2.43. The number of hydrogen-bond donors (Lipinski definition) is 2. The molecule has 9 heteroatoms. The molecule has 146 valence electrons. The molecule has 0 aromatic carbocycles. The van der Waals surface area contributed by atoms with Gasteiger partial charge in [0.15, 0.2) is 0 Å². The molecule has 3 aliphatic heterocycles. The summed E-state index contributed by atoms with van der Waals surface area (Å²) in [6.07, 6.45) is 2.37. The molecule has 0 radical (unpaired) electrons. The molecule has 0 spiro atoms. The third-order valence-corrected chi connectivity index (χ3v) is 5.90. The number of aliphatic hydroxyl groups is 1. The molecule has 2 amide bonds. The number of anilines is 1. The van der Waals surface area contributed by atoms with Gasteiger partial charge in [0.25, 0.3) is 5.91 Å². The van der Waals surface area contributed by atoms with E-state index in [-0.39, 0.29) is 38.3 Å². The molecule has 0 saturated carbocycles. The molecule has 2 atom stereocenters. The molecule has 2 saturated heterocycles. The van der Waals surface area contributed by atoms with Gasteiger partial charge in [0.2, 0.25) is 0 Å². The van der Waals surface area contributed by atoms with Crippen molar-refractivity contribution in [1.29, 1.82) is 0 Å². The lowest BCUT2D eigenvalue weighted by Gasteiger charge is -2.39. The molecule has 1 aromatic rings. The van der Waals surface area contributed by atoms with Crippen molar-refractivity contribution in [2.24, 2.45) is 0 Å². The number of ether oxygens (including phenoxy) is 1. The minimum absolute atomic E-state index is 0.0205. The second-order valence-electron chi connectivity index (χ2n) is 7.61. The van der Waals surface area contributed by atoms with Gasteiger partial charge < -0.3 is 29.6 Å². The summed E-state index contributed by atoms with van der Waals surface area (Å²) < 4.78 is 5.91. The quantitative estimate of drug-likeness (QED) is 0.780. The molecule has 0 bridgehead atoms. The summed E-state index contributed by atoms with van der Waals surface area (Å²) in [5, 5.41) is 19.1. The second kappa shape index (κ2) is 6.56. The summed E-state index contributed by atoms with van der Waals surface area (Å²) in [5.74, 6) is 0.814. The van der Waals surface area contributed by atoms with E-state index in [1.165, 1.54) is 4.90 Å². The number of aliphatic hydroxyl groups excluding tert-OH is 1. The number of pyridine rings is 1. The van der Waals surface area contributed by atoms with E-state index in [2.05, 4.69) is 4.98 Å². The van der Waals surface area contributed by atoms with Crippen LogP contribution in [0.2, 0.25) is 0 Å². The Morgan fingerprint density at radius 2 is 2.22 bits per heavy atom. The average molecular weight is 376 g/mol. The van der Waals surface area contributed by atoms with Gasteiger partial charge in [-0.3, -0.25) is 4.79 Å². The van der Waals surface area contributed by atoms with Crippen LogP contribution in [0.15, 0.2) is 12.3 Å². The second-order valence-corrected chi connectivity index (χ2v) is 7.61. The number of fused-ring (bicyclic) bond motifs is 2. The third kappa shape index (κ3) is 2.86. The topological polar surface area (TPSA) is 106 Å². The first-order valence-electron chi connectivity index (χ1n) is 9.24. The van der Waals surface area contributed by atoms with Crippen LogP contribution >= 0.6 is 0 Å². The van der Waals surface area contributed by atoms with Gasteiger partial charge in [0.1, 0.15) is 23.7 Å². The van der Waals surface area contributed by atoms with E-state index >= 15 is 0 Å². The summed E-state index contributed by atoms with van der Waals surface area (Å²) >= 11 is 0. The van der Waals surface area contributed by atoms with Crippen molar-refractivity contribution in [2.75, 3.05) is 44.3 Å². The number of nitrogens with zero attached hydrogens (tertiary/aromatic N) is 4. The Morgan fingerprint density at radius 3 is 2.96 bits per heavy atom. The highest BCUT2D eigenvalue weighted by atomic mass is 16.5. The van der Waals surface area contributed by atoms with Crippen LogP contribution in [0.1, 0.15) is 30.1 Å². The summed E-state index contributed by atoms with van der Waals surface area (Å²) in [4.78, 5) is 34.2. The van der Waals surface area contributed by atoms with Crippen molar-refractivity contribution in [3.63, 3.8) is 0 Å². The molecule has 4 heterocycles. The number of carbonyl (C=O) groups is 2. The van der Waals surface area contributed by atoms with Crippen molar-refractivity contribution in [3.05, 3.63) is 17.8 Å². The van der Waals surface area contributed by atoms with E-state index in [9.17, 15) is 19.8 Å². The predicted molar refractivity (Wildman–Crippen MR) is 96.2 cm³/mol. The van der Waals surface area contributed by atoms with Crippen molar-refractivity contribution < 1.29 is 24.5 Å². The SMILES string of the molecule is CC1(CO)CCCN1c1nccc2c1C(=O)N1CCN(C(=O)O)C[C@H]1CO2. The van der Waals surface area contributed by atoms with Gasteiger partial charge in [-0.25, -0.2) is 9.78 Å². The van der Waals surface area contributed by atoms with Crippen LogP contribution in [-0.2, 0) is 0 Å². The molecule has 27 heavy (non-hydrogen) atoms. The lowest BCUT2D eigenvalue weighted by Crippen LogP contribution is -2.57. The average Bonchev–Trinajstić information content (AvgIpc) is 3.00. The fraction of sp³-hybridized carbons (Fsp3) is 0.611. The summed E-state index contributed by atoms with van der Waals surface area (Å²) in [6, 6.07) is 1.35. The van der Waals surface area contributed by atoms with Gasteiger partial charge in [-0.05, 0) is 25.8 Å². The zero-order chi connectivity index (χ0) is 19.2. The maximum Gasteiger partial charge on any atom is 0.407 e. The Balaban J connectivity index is 1.71. The first kappa shape index (κ1) is 17.8. The molecule has 4 rings (SSSR count). The zero-order valence-corrected chi connectivity index (χ0v) is 15.3. The fourth-order valence-corrected chi connectivity index (χ4v) is 4.28. The van der Waals surface area contributed by atoms with Crippen LogP contribution in [0.3, 0.4) is 0 Å². The van der Waals surface area contributed by atoms with Crippen molar-refractivity contribution in [1.82, 2.24) is 14.8 Å². The van der Waals surface area contributed by atoms with Crippen molar-refractivity contribution in [2.45, 2.75) is 31.3 Å². The molecule has 2 fully saturated rings. The Labute approximate surface area is 157 Å². The number of carboxylic acid groups (broad SMARTS) is 1. The molecule has 9 nitrogen and oxygen atoms in total. The van der Waals surface area contributed by atoms with E-state index in [0.29, 0.717) is 30.2 Å². The Bertz CT molecular complexity index is 772. The van der Waals surface area contributed by atoms with E-state index in [1.54, 1.807) is 17.2 Å². The molecular weight excluding hydrogens is 352 g/mol. The van der Waals surface area contributed by atoms with Gasteiger partial charge in [0, 0.05) is 32.4 Å². The van der Waals surface area contributed by atoms with E-state index in [4.69, 9.17) is 4.74 Å². The molecule has 2 N–H and O–H groups in total. The number of aromatic nitrogens is 1. The number of rotatable bonds is 2. The minimum atomic E-state index is -0.984. The Morgan fingerprint density at radius 1 is 1.41 bits per heavy atom. The monoisotopic (exact) mass is 376 g/mol. The summed E-state index contributed by atoms with van der Waals surface area (Å²) in [7, 11) is 0. The summed E-state index contributed by atoms with van der Waals surface area (Å²) in [5.41, 5.74) is -0.0545. The van der Waals surface area contributed by atoms with Gasteiger partial charge in [0.05, 0.1) is 18.2 Å². The maximum atomic E-state index is 13.4. The van der Waals surface area contributed by atoms with Crippen LogP contribution in [-0.4, -0.2) is 88.0 Å². The van der Waals surface area contributed by atoms with Gasteiger partial charge in [-0.2, -0.15) is 0 Å². The molecular formula is C18H24N4O5. The standard InChI is InChI=1S/C18H24N4O5/c1-18(11-23)4-2-6-22(18)15-14-13(3-5-19-15)27-10-12-9-20(17(25)26)7-8-21(12)16(14)24/h3,5,12,23H,2,4,6-11H2,1H3,(H,25,26)/t12-,18?/m0/s1. The number of piperazine rings is 1. The third-order valence-electron chi connectivity index (χ3n) is 5.90. The van der Waals surface area contributed by atoms with E-state index in [1.807, 2.05) is 11.8 Å². The summed E-state index contributed by atoms with van der Waals surface area (Å²) in [6.45, 7) is 3.73. The van der Waals surface area contributed by atoms with Crippen LogP contribution < -0.4 is 9.64 Å². The number of amides is 2. The highest BCUT2D eigenvalue weighted by Crippen LogP contribution is 2.39. The maximum absolute atomic E-state index is 13.4. The zero-order valence-electron chi connectivity index (χ0n) is 15.3. The highest BCUT2D eigenvalue weighted by molar-refractivity contribution is 6.02. The first-order valence-corrected chi connectivity index (χ1v) is 9.24. The lowest BCUT2D eigenvalue weighted by atomic mass is 9.99. The van der Waals surface area contributed by atoms with Gasteiger partial charge in [-0.1, -0.05) is 0 Å². The smallest absolute Gasteiger partial charge is 0.407 e. The van der Waals surface area contributed by atoms with Crippen LogP contribution in [0.5, 0.6) is 5.75 Å². The number of hydrogen-bond acceptors (Lipinski definition) is 6. The minimum Gasteiger partial charge on any atom is -0.490 e. The number of carbonyl (C=O) groups excluding carboxylic acids is 1. The molecule has 3 aliphatic rings.